The fraction of sp³-hybridized carbons (Fsp3) is 0.250. The normalized spacial score (nSPS) is 14.5. The average Bonchev–Trinajstić information content (AvgIpc) is 3.40. The van der Waals surface area contributed by atoms with Crippen LogP contribution in [0.2, 0.25) is 5.02 Å². The average molecular weight is 652 g/mol. The molecule has 238 valence electrons. The number of alkyl halides is 3. The van der Waals surface area contributed by atoms with E-state index in [1.807, 2.05) is 11.9 Å². The number of benzene rings is 3. The van der Waals surface area contributed by atoms with Crippen molar-refractivity contribution in [1.82, 2.24) is 29.3 Å². The van der Waals surface area contributed by atoms with Crippen LogP contribution >= 0.6 is 11.6 Å². The lowest BCUT2D eigenvalue weighted by Gasteiger charge is -2.33. The van der Waals surface area contributed by atoms with Crippen LogP contribution in [0.5, 0.6) is 17.4 Å². The van der Waals surface area contributed by atoms with Gasteiger partial charge in [-0.25, -0.2) is 9.97 Å². The van der Waals surface area contributed by atoms with Gasteiger partial charge in [0.1, 0.15) is 11.5 Å². The number of nitrogens with one attached hydrogen (secondary N) is 1. The molecule has 3 aromatic carbocycles. The number of hydrogen-bond acceptors (Lipinski definition) is 8. The van der Waals surface area contributed by atoms with Crippen LogP contribution in [0.15, 0.2) is 67.0 Å². The first-order valence-corrected chi connectivity index (χ1v) is 14.7. The third-order valence-corrected chi connectivity index (χ3v) is 8.02. The Bertz CT molecular complexity index is 1920. The fourth-order valence-corrected chi connectivity index (χ4v) is 5.38. The minimum Gasteiger partial charge on any atom is -0.508 e. The molecule has 1 fully saturated rings. The van der Waals surface area contributed by atoms with E-state index in [1.54, 1.807) is 30.1 Å². The van der Waals surface area contributed by atoms with Crippen LogP contribution in [-0.2, 0) is 19.8 Å². The van der Waals surface area contributed by atoms with Crippen molar-refractivity contribution in [1.29, 1.82) is 0 Å². The summed E-state index contributed by atoms with van der Waals surface area (Å²) in [5, 5.41) is 12.6. The first-order valence-electron chi connectivity index (χ1n) is 14.3. The number of halogens is 4. The number of piperazine rings is 1. The van der Waals surface area contributed by atoms with E-state index in [0.29, 0.717) is 29.8 Å². The van der Waals surface area contributed by atoms with Gasteiger partial charge in [-0.05, 0) is 55.1 Å². The molecule has 14 heteroatoms. The van der Waals surface area contributed by atoms with E-state index in [0.717, 1.165) is 19.2 Å². The van der Waals surface area contributed by atoms with Crippen molar-refractivity contribution in [3.05, 3.63) is 88.7 Å². The Morgan fingerprint density at radius 1 is 1.02 bits per heavy atom. The highest BCUT2D eigenvalue weighted by Crippen LogP contribution is 2.36. The number of amides is 1. The van der Waals surface area contributed by atoms with Gasteiger partial charge in [0.25, 0.3) is 11.8 Å². The number of fused-ring (bicyclic) bond motifs is 1. The minimum absolute atomic E-state index is 0.0197. The van der Waals surface area contributed by atoms with Crippen LogP contribution in [0, 0.1) is 0 Å². The molecule has 5 aromatic rings. The number of nitrogens with zero attached hydrogens (tertiary/aromatic N) is 6. The number of carbonyl (C=O) groups excluding carboxylic acids is 1. The molecule has 0 saturated carbocycles. The predicted octanol–water partition coefficient (Wildman–Crippen LogP) is 6.20. The molecule has 0 atom stereocenters. The number of aryl methyl sites for hydroxylation is 1. The van der Waals surface area contributed by atoms with Crippen LogP contribution in [0.1, 0.15) is 21.5 Å². The maximum Gasteiger partial charge on any atom is 0.416 e. The number of likely N-dealkylation sites (N-methyl/N-ethyl adjacent to an activating group) is 1. The highest BCUT2D eigenvalue weighted by Gasteiger charge is 2.34. The molecule has 1 aliphatic heterocycles. The molecule has 1 amide bonds. The van der Waals surface area contributed by atoms with Gasteiger partial charge in [-0.1, -0.05) is 29.8 Å². The second kappa shape index (κ2) is 12.6. The molecule has 46 heavy (non-hydrogen) atoms. The smallest absolute Gasteiger partial charge is 0.416 e. The van der Waals surface area contributed by atoms with E-state index in [1.165, 1.54) is 42.5 Å². The number of ether oxygens (including phenoxy) is 1. The monoisotopic (exact) mass is 651 g/mol. The summed E-state index contributed by atoms with van der Waals surface area (Å²) < 4.78 is 50.0. The Kier molecular flexibility index (Phi) is 8.55. The maximum absolute atomic E-state index is 14.1. The van der Waals surface area contributed by atoms with Crippen molar-refractivity contribution in [2.45, 2.75) is 12.7 Å². The van der Waals surface area contributed by atoms with E-state index in [4.69, 9.17) is 16.3 Å². The summed E-state index contributed by atoms with van der Waals surface area (Å²) in [5.41, 5.74) is 0.641. The van der Waals surface area contributed by atoms with E-state index in [-0.39, 0.29) is 51.6 Å². The Labute approximate surface area is 267 Å². The lowest BCUT2D eigenvalue weighted by molar-refractivity contribution is -0.138. The highest BCUT2D eigenvalue weighted by molar-refractivity contribution is 6.34. The predicted molar refractivity (Wildman–Crippen MR) is 167 cm³/mol. The summed E-state index contributed by atoms with van der Waals surface area (Å²) in [6.07, 6.45) is -3.06. The van der Waals surface area contributed by atoms with Gasteiger partial charge in [0, 0.05) is 51.0 Å². The van der Waals surface area contributed by atoms with Crippen LogP contribution in [0.25, 0.3) is 22.6 Å². The maximum atomic E-state index is 14.1. The summed E-state index contributed by atoms with van der Waals surface area (Å²) in [5.74, 6) is -0.148. The molecule has 1 saturated heterocycles. The van der Waals surface area contributed by atoms with Gasteiger partial charge in [0.2, 0.25) is 0 Å². The van der Waals surface area contributed by atoms with Gasteiger partial charge in [-0.2, -0.15) is 18.2 Å². The number of anilines is 1. The molecule has 2 aromatic heterocycles. The SMILES string of the molecule is CN1CCN(Cc2ccc(NC(=O)c3cc(Oc4nc(-c5cccc(O)c5)nc5c4ncn5C)ccc3Cl)cc2C(F)(F)F)CC1. The number of hydrogen-bond donors (Lipinski definition) is 2. The van der Waals surface area contributed by atoms with Crippen LogP contribution in [0.4, 0.5) is 18.9 Å². The molecule has 10 nitrogen and oxygen atoms in total. The molecule has 0 aliphatic carbocycles. The molecular weight excluding hydrogens is 623 g/mol. The molecule has 0 spiro atoms. The van der Waals surface area contributed by atoms with Crippen molar-refractivity contribution in [3.63, 3.8) is 0 Å². The van der Waals surface area contributed by atoms with Crippen molar-refractivity contribution >= 4 is 34.4 Å². The van der Waals surface area contributed by atoms with E-state index < -0.39 is 17.6 Å². The van der Waals surface area contributed by atoms with Gasteiger partial charge < -0.3 is 24.6 Å². The Balaban J connectivity index is 1.26. The number of carbonyl (C=O) groups is 1. The molecule has 2 N–H and O–H groups in total. The summed E-state index contributed by atoms with van der Waals surface area (Å²) in [6, 6.07) is 14.6. The second-order valence-electron chi connectivity index (χ2n) is 11.1. The summed E-state index contributed by atoms with van der Waals surface area (Å²) >= 11 is 6.36. The lowest BCUT2D eigenvalue weighted by Crippen LogP contribution is -2.44. The minimum atomic E-state index is -4.61. The Morgan fingerprint density at radius 2 is 1.80 bits per heavy atom. The number of rotatable bonds is 7. The molecule has 0 radical (unpaired) electrons. The van der Waals surface area contributed by atoms with E-state index in [9.17, 15) is 23.1 Å². The largest absolute Gasteiger partial charge is 0.508 e. The van der Waals surface area contributed by atoms with Gasteiger partial charge in [0.15, 0.2) is 17.0 Å². The summed E-state index contributed by atoms with van der Waals surface area (Å²) in [6.45, 7) is 3.05. The van der Waals surface area contributed by atoms with E-state index >= 15 is 0 Å². The number of imidazole rings is 1. The van der Waals surface area contributed by atoms with Crippen molar-refractivity contribution < 1.29 is 27.8 Å². The van der Waals surface area contributed by atoms with Gasteiger partial charge in [-0.15, -0.1) is 0 Å². The molecular formula is C32H29ClF3N7O3. The zero-order chi connectivity index (χ0) is 32.6. The standard InChI is InChI=1S/C32H29ClF3N7O3/c1-41-10-12-43(13-11-41)17-20-6-7-21(15-25(20)32(34,35)36)38-30(45)24-16-23(8-9-26(24)33)46-31-27-29(42(2)18-37-27)39-28(40-31)19-4-3-5-22(44)14-19/h3-9,14-16,18,44H,10-13,17H2,1-2H3,(H,38,45). The van der Waals surface area contributed by atoms with Gasteiger partial charge >= 0.3 is 6.18 Å². The number of aromatic hydroxyl groups is 1. The van der Waals surface area contributed by atoms with Crippen LogP contribution in [-0.4, -0.2) is 73.6 Å². The fourth-order valence-electron chi connectivity index (χ4n) is 5.18. The van der Waals surface area contributed by atoms with Crippen molar-refractivity contribution in [3.8, 4) is 28.8 Å². The first kappa shape index (κ1) is 31.3. The van der Waals surface area contributed by atoms with Gasteiger partial charge in [-0.3, -0.25) is 9.69 Å². The van der Waals surface area contributed by atoms with Crippen LogP contribution < -0.4 is 10.1 Å². The molecule has 3 heterocycles. The molecule has 0 bridgehead atoms. The Morgan fingerprint density at radius 3 is 2.54 bits per heavy atom. The third-order valence-electron chi connectivity index (χ3n) is 7.69. The van der Waals surface area contributed by atoms with Crippen LogP contribution in [0.3, 0.4) is 0 Å². The highest BCUT2D eigenvalue weighted by atomic mass is 35.5. The summed E-state index contributed by atoms with van der Waals surface area (Å²) in [7, 11) is 3.74. The molecule has 0 unspecified atom stereocenters. The quantitative estimate of drug-likeness (QED) is 0.214. The first-order chi connectivity index (χ1) is 21.9. The lowest BCUT2D eigenvalue weighted by atomic mass is 10.0. The number of phenols is 1. The topological polar surface area (TPSA) is 109 Å². The molecule has 6 rings (SSSR count). The van der Waals surface area contributed by atoms with Crippen molar-refractivity contribution in [2.24, 2.45) is 7.05 Å². The van der Waals surface area contributed by atoms with E-state index in [2.05, 4.69) is 25.2 Å². The molecule has 1 aliphatic rings. The number of aromatic nitrogens is 4. The zero-order valence-corrected chi connectivity index (χ0v) is 25.6. The van der Waals surface area contributed by atoms with Gasteiger partial charge in [0.05, 0.1) is 22.5 Å². The Hall–Kier alpha value is -4.72. The summed E-state index contributed by atoms with van der Waals surface area (Å²) in [4.78, 5) is 30.8. The second-order valence-corrected chi connectivity index (χ2v) is 11.5. The number of phenolic OH excluding ortho intramolecular Hbond substituents is 1. The zero-order valence-electron chi connectivity index (χ0n) is 24.8. The third kappa shape index (κ3) is 6.76. The van der Waals surface area contributed by atoms with Crippen molar-refractivity contribution in [2.75, 3.05) is 38.5 Å².